The molecular weight excluding hydrogens is 544 g/mol. The van der Waals surface area contributed by atoms with Crippen molar-refractivity contribution in [2.24, 2.45) is 0 Å². The summed E-state index contributed by atoms with van der Waals surface area (Å²) >= 11 is 9.48. The summed E-state index contributed by atoms with van der Waals surface area (Å²) in [7, 11) is 0. The first-order chi connectivity index (χ1) is 17.3. The average Bonchev–Trinajstić information content (AvgIpc) is 2.83. The van der Waals surface area contributed by atoms with Gasteiger partial charge in [-0.3, -0.25) is 14.9 Å². The van der Waals surface area contributed by atoms with E-state index in [0.29, 0.717) is 39.5 Å². The van der Waals surface area contributed by atoms with Gasteiger partial charge in [0, 0.05) is 5.02 Å². The van der Waals surface area contributed by atoms with Crippen LogP contribution in [-0.4, -0.2) is 17.8 Å². The summed E-state index contributed by atoms with van der Waals surface area (Å²) in [6, 6.07) is 17.0. The third-order valence-corrected chi connectivity index (χ3v) is 6.35. The van der Waals surface area contributed by atoms with E-state index in [1.54, 1.807) is 24.3 Å². The first-order valence-electron chi connectivity index (χ1n) is 11.1. The average molecular weight is 566 g/mol. The van der Waals surface area contributed by atoms with Crippen LogP contribution in [0.4, 0.5) is 10.5 Å². The number of nitrogens with zero attached hydrogens (tertiary/aromatic N) is 1. The second-order valence-corrected chi connectivity index (χ2v) is 9.48. The fraction of sp³-hybridized carbons (Fsp3) is 0.107. The Bertz CT molecular complexity index is 1380. The van der Waals surface area contributed by atoms with E-state index in [9.17, 15) is 14.4 Å². The molecular formula is C28H22BrClN2O4. The number of anilines is 1. The molecule has 1 aliphatic rings. The van der Waals surface area contributed by atoms with Crippen LogP contribution in [0.15, 0.2) is 83.4 Å². The first-order valence-corrected chi connectivity index (χ1v) is 12.2. The summed E-state index contributed by atoms with van der Waals surface area (Å²) in [5.74, 6) is -0.849. The Morgan fingerprint density at radius 3 is 2.42 bits per heavy atom. The first kappa shape index (κ1) is 25.4. The number of halogens is 2. The van der Waals surface area contributed by atoms with Crippen LogP contribution in [0, 0.1) is 6.92 Å². The van der Waals surface area contributed by atoms with Crippen molar-refractivity contribution in [3.05, 3.63) is 111 Å². The Kier molecular flexibility index (Phi) is 7.72. The fourth-order valence-electron chi connectivity index (χ4n) is 3.71. The van der Waals surface area contributed by atoms with Gasteiger partial charge in [0.25, 0.3) is 11.8 Å². The molecule has 0 atom stereocenters. The number of rotatable bonds is 7. The monoisotopic (exact) mass is 564 g/mol. The summed E-state index contributed by atoms with van der Waals surface area (Å²) in [5, 5.41) is 2.68. The van der Waals surface area contributed by atoms with Crippen molar-refractivity contribution >= 4 is 57.1 Å². The molecule has 1 heterocycles. The van der Waals surface area contributed by atoms with Crippen LogP contribution in [0.5, 0.6) is 5.75 Å². The third kappa shape index (κ3) is 5.58. The third-order valence-electron chi connectivity index (χ3n) is 5.51. The number of aryl methyl sites for hydroxylation is 1. The van der Waals surface area contributed by atoms with Gasteiger partial charge in [-0.2, -0.15) is 0 Å². The maximum atomic E-state index is 13.2. The largest absolute Gasteiger partial charge is 0.487 e. The number of carbonyl (C=O) groups is 3. The summed E-state index contributed by atoms with van der Waals surface area (Å²) < 4.78 is 6.77. The lowest BCUT2D eigenvalue weighted by Crippen LogP contribution is -2.54. The number of carbonyl (C=O) groups excluding carboxylic acids is 3. The minimum Gasteiger partial charge on any atom is -0.487 e. The zero-order chi connectivity index (χ0) is 25.8. The van der Waals surface area contributed by atoms with E-state index < -0.39 is 17.8 Å². The zero-order valence-electron chi connectivity index (χ0n) is 19.4. The lowest BCUT2D eigenvalue weighted by atomic mass is 10.0. The molecule has 1 N–H and O–H groups in total. The van der Waals surface area contributed by atoms with Crippen LogP contribution < -0.4 is 15.0 Å². The molecule has 4 amide bonds. The number of nitrogens with one attached hydrogen (secondary N) is 1. The number of imide groups is 2. The summed E-state index contributed by atoms with van der Waals surface area (Å²) in [6.45, 7) is 6.23. The minimum absolute atomic E-state index is 0.172. The molecule has 0 unspecified atom stereocenters. The molecule has 8 heteroatoms. The molecule has 0 bridgehead atoms. The lowest BCUT2D eigenvalue weighted by molar-refractivity contribution is -0.122. The van der Waals surface area contributed by atoms with E-state index in [1.165, 1.54) is 23.8 Å². The van der Waals surface area contributed by atoms with Gasteiger partial charge in [0.15, 0.2) is 0 Å². The quantitative estimate of drug-likeness (QED) is 0.205. The molecule has 1 fully saturated rings. The van der Waals surface area contributed by atoms with Crippen LogP contribution in [0.2, 0.25) is 5.02 Å². The maximum absolute atomic E-state index is 13.2. The molecule has 0 spiro atoms. The van der Waals surface area contributed by atoms with Crippen LogP contribution in [0.1, 0.15) is 22.3 Å². The minimum atomic E-state index is -0.821. The molecule has 0 aromatic heterocycles. The zero-order valence-corrected chi connectivity index (χ0v) is 21.7. The molecule has 36 heavy (non-hydrogen) atoms. The molecule has 0 radical (unpaired) electrons. The Morgan fingerprint density at radius 1 is 1.06 bits per heavy atom. The van der Waals surface area contributed by atoms with E-state index in [-0.39, 0.29) is 5.57 Å². The van der Waals surface area contributed by atoms with Crippen LogP contribution in [-0.2, 0) is 22.6 Å². The predicted octanol–water partition coefficient (Wildman–Crippen LogP) is 6.38. The number of benzene rings is 3. The number of hydrogen-bond acceptors (Lipinski definition) is 4. The van der Waals surface area contributed by atoms with E-state index >= 15 is 0 Å². The highest BCUT2D eigenvalue weighted by atomic mass is 79.9. The van der Waals surface area contributed by atoms with Crippen LogP contribution >= 0.6 is 27.5 Å². The van der Waals surface area contributed by atoms with E-state index in [1.807, 2.05) is 37.3 Å². The molecule has 3 aromatic rings. The fourth-order valence-corrected chi connectivity index (χ4v) is 4.47. The highest BCUT2D eigenvalue weighted by molar-refractivity contribution is 9.10. The number of urea groups is 1. The van der Waals surface area contributed by atoms with Crippen molar-refractivity contribution in [1.82, 2.24) is 5.32 Å². The summed E-state index contributed by atoms with van der Waals surface area (Å²) in [5.41, 5.74) is 3.74. The molecule has 1 saturated heterocycles. The van der Waals surface area contributed by atoms with Gasteiger partial charge < -0.3 is 4.74 Å². The highest BCUT2D eigenvalue weighted by Gasteiger charge is 2.36. The second-order valence-electron chi connectivity index (χ2n) is 8.19. The van der Waals surface area contributed by atoms with Crippen molar-refractivity contribution in [2.75, 3.05) is 4.90 Å². The van der Waals surface area contributed by atoms with Crippen LogP contribution in [0.3, 0.4) is 0 Å². The van der Waals surface area contributed by atoms with E-state index in [4.69, 9.17) is 16.3 Å². The van der Waals surface area contributed by atoms with Crippen molar-refractivity contribution in [2.45, 2.75) is 20.0 Å². The summed E-state index contributed by atoms with van der Waals surface area (Å²) in [4.78, 5) is 39.1. The molecule has 0 saturated carbocycles. The molecule has 0 aliphatic carbocycles. The molecule has 6 nitrogen and oxygen atoms in total. The topological polar surface area (TPSA) is 75.7 Å². The number of hydrogen-bond donors (Lipinski definition) is 1. The van der Waals surface area contributed by atoms with Gasteiger partial charge in [-0.1, -0.05) is 47.5 Å². The van der Waals surface area contributed by atoms with Gasteiger partial charge in [-0.25, -0.2) is 9.69 Å². The summed E-state index contributed by atoms with van der Waals surface area (Å²) in [6.07, 6.45) is 3.71. The number of allylic oxidation sites excluding steroid dienone is 1. The molecule has 3 aromatic carbocycles. The Morgan fingerprint density at radius 2 is 1.75 bits per heavy atom. The van der Waals surface area contributed by atoms with Crippen molar-refractivity contribution in [3.8, 4) is 5.75 Å². The smallest absolute Gasteiger partial charge is 0.335 e. The number of barbiturate groups is 1. The van der Waals surface area contributed by atoms with Gasteiger partial charge in [0.05, 0.1) is 10.2 Å². The normalized spacial score (nSPS) is 14.7. The Labute approximate surface area is 222 Å². The number of ether oxygens (including phenoxy) is 1. The van der Waals surface area contributed by atoms with Gasteiger partial charge in [-0.15, -0.1) is 6.58 Å². The predicted molar refractivity (Wildman–Crippen MR) is 144 cm³/mol. The molecule has 4 rings (SSSR count). The van der Waals surface area contributed by atoms with Crippen molar-refractivity contribution in [1.29, 1.82) is 0 Å². The highest BCUT2D eigenvalue weighted by Crippen LogP contribution is 2.33. The lowest BCUT2D eigenvalue weighted by Gasteiger charge is -2.26. The molecule has 182 valence electrons. The van der Waals surface area contributed by atoms with Gasteiger partial charge in [0.2, 0.25) is 0 Å². The number of amides is 4. The SMILES string of the molecule is C=CCc1cc(/C=C2\C(=O)NC(=O)N(c3ccc(Cl)cc3)C2=O)cc(Br)c1OCc1ccc(C)cc1. The Hall–Kier alpha value is -3.68. The Balaban J connectivity index is 1.65. The standard InChI is InChI=1S/C28H22BrClN2O4/c1-3-4-20-13-19(15-24(29)25(20)36-16-18-7-5-17(2)6-8-18)14-23-26(33)31-28(35)32(27(23)34)22-11-9-21(30)10-12-22/h3,5-15H,1,4,16H2,2H3,(H,31,33,35)/b23-14+. The molecule has 1 aliphatic heterocycles. The van der Waals surface area contributed by atoms with Gasteiger partial charge in [0.1, 0.15) is 17.9 Å². The van der Waals surface area contributed by atoms with Crippen LogP contribution in [0.25, 0.3) is 6.08 Å². The van der Waals surface area contributed by atoms with E-state index in [0.717, 1.165) is 16.0 Å². The van der Waals surface area contributed by atoms with Gasteiger partial charge >= 0.3 is 6.03 Å². The van der Waals surface area contributed by atoms with Crippen molar-refractivity contribution < 1.29 is 19.1 Å². The maximum Gasteiger partial charge on any atom is 0.335 e. The second kappa shape index (κ2) is 10.9. The van der Waals surface area contributed by atoms with Crippen molar-refractivity contribution in [3.63, 3.8) is 0 Å². The van der Waals surface area contributed by atoms with E-state index in [2.05, 4.69) is 27.8 Å². The van der Waals surface area contributed by atoms with Gasteiger partial charge in [-0.05, 0) is 88.4 Å².